The number of nitrogens with one attached hydrogen (secondary N) is 1. The third kappa shape index (κ3) is 9.46. The van der Waals surface area contributed by atoms with Gasteiger partial charge in [0, 0.05) is 6.08 Å². The van der Waals surface area contributed by atoms with Gasteiger partial charge in [0.2, 0.25) is 5.91 Å². The third-order valence-corrected chi connectivity index (χ3v) is 0.896. The Morgan fingerprint density at radius 1 is 1.55 bits per heavy atom. The molecule has 0 aromatic carbocycles. The fraction of sp³-hybridized carbons (Fsp3) is 0.571. The van der Waals surface area contributed by atoms with Crippen molar-refractivity contribution in [3.63, 3.8) is 0 Å². The molecule has 0 unspecified atom stereocenters. The molecule has 0 radical (unpaired) electrons. The van der Waals surface area contributed by atoms with Crippen LogP contribution in [0, 0.1) is 0 Å². The smallest absolute Gasteiger partial charge is 0.244 e. The Balaban J connectivity index is 0. The molecule has 0 bridgehead atoms. The molecule has 0 aliphatic heterocycles. The summed E-state index contributed by atoms with van der Waals surface area (Å²) in [5, 5.41) is 2.69. The highest BCUT2D eigenvalue weighted by atomic mass is 35.5. The van der Waals surface area contributed by atoms with E-state index in [4.69, 9.17) is 0 Å². The number of halogens is 1. The van der Waals surface area contributed by atoms with Gasteiger partial charge >= 0.3 is 0 Å². The minimum atomic E-state index is -0.0244. The van der Waals surface area contributed by atoms with E-state index in [1.165, 1.54) is 0 Å². The Labute approximate surface area is 73.4 Å². The van der Waals surface area contributed by atoms with E-state index in [1.807, 2.05) is 13.8 Å². The summed E-state index contributed by atoms with van der Waals surface area (Å²) in [6, 6.07) is 0. The molecule has 66 valence electrons. The van der Waals surface area contributed by atoms with E-state index in [-0.39, 0.29) is 18.3 Å². The number of carbonyl (C=O) groups is 1. The van der Waals surface area contributed by atoms with Gasteiger partial charge in [-0.1, -0.05) is 5.57 Å². The summed E-state index contributed by atoms with van der Waals surface area (Å²) in [4.78, 5) is 10.8. The summed E-state index contributed by atoms with van der Waals surface area (Å²) in [7, 11) is 0. The number of rotatable bonds is 3. The third-order valence-electron chi connectivity index (χ3n) is 0.896. The van der Waals surface area contributed by atoms with Crippen LogP contribution in [0.4, 0.5) is 0 Å². The first-order chi connectivity index (χ1) is 4.66. The molecule has 0 heterocycles. The molecule has 0 saturated carbocycles. The number of hydrogen-bond acceptors (Lipinski definition) is 1. The van der Waals surface area contributed by atoms with Crippen LogP contribution in [0.25, 0.3) is 0 Å². The molecule has 4 N–H and O–H groups in total. The molecule has 3 nitrogen and oxygen atoms in total. The zero-order valence-corrected chi connectivity index (χ0v) is 7.74. The largest absolute Gasteiger partial charge is 1.00 e. The Morgan fingerprint density at radius 3 is 2.45 bits per heavy atom. The maximum Gasteiger partial charge on any atom is 0.244 e. The van der Waals surface area contributed by atoms with E-state index in [2.05, 4.69) is 11.1 Å². The molecule has 0 spiro atoms. The van der Waals surface area contributed by atoms with Crippen molar-refractivity contribution in [1.29, 1.82) is 0 Å². The molecular formula is C7H15ClN2O. The van der Waals surface area contributed by atoms with Gasteiger partial charge in [-0.15, -0.1) is 0 Å². The molecule has 0 rings (SSSR count). The number of amides is 1. The van der Waals surface area contributed by atoms with Crippen LogP contribution in [-0.4, -0.2) is 19.0 Å². The molecule has 4 heteroatoms. The summed E-state index contributed by atoms with van der Waals surface area (Å²) in [5.74, 6) is -0.0244. The van der Waals surface area contributed by atoms with Crippen molar-refractivity contribution in [2.24, 2.45) is 0 Å². The van der Waals surface area contributed by atoms with Crippen molar-refractivity contribution >= 4 is 5.91 Å². The van der Waals surface area contributed by atoms with Gasteiger partial charge in [-0.2, -0.15) is 0 Å². The molecule has 0 saturated heterocycles. The van der Waals surface area contributed by atoms with Gasteiger partial charge in [0.25, 0.3) is 0 Å². The zero-order valence-electron chi connectivity index (χ0n) is 6.98. The van der Waals surface area contributed by atoms with Gasteiger partial charge in [0.05, 0.1) is 13.1 Å². The molecule has 11 heavy (non-hydrogen) atoms. The fourth-order valence-electron chi connectivity index (χ4n) is 0.525. The molecular weight excluding hydrogens is 164 g/mol. The highest BCUT2D eigenvalue weighted by Crippen LogP contribution is 1.85. The number of allylic oxidation sites excluding steroid dienone is 1. The number of carbonyl (C=O) groups excluding carboxylic acids is 1. The SMILES string of the molecule is CC(C)=CC(=O)NCC[NH3+].[Cl-]. The quantitative estimate of drug-likeness (QED) is 0.430. The fourth-order valence-corrected chi connectivity index (χ4v) is 0.525. The van der Waals surface area contributed by atoms with Crippen LogP contribution in [0.1, 0.15) is 13.8 Å². The predicted molar refractivity (Wildman–Crippen MR) is 40.2 cm³/mol. The van der Waals surface area contributed by atoms with Crippen molar-refractivity contribution in [3.8, 4) is 0 Å². The second kappa shape index (κ2) is 7.57. The van der Waals surface area contributed by atoms with Crippen molar-refractivity contribution in [1.82, 2.24) is 5.32 Å². The van der Waals surface area contributed by atoms with Crippen molar-refractivity contribution in [2.45, 2.75) is 13.8 Å². The average molecular weight is 179 g/mol. The lowest BCUT2D eigenvalue weighted by Crippen LogP contribution is -3.00. The summed E-state index contributed by atoms with van der Waals surface area (Å²) < 4.78 is 0. The first-order valence-electron chi connectivity index (χ1n) is 3.39. The van der Waals surface area contributed by atoms with E-state index < -0.39 is 0 Å². The van der Waals surface area contributed by atoms with Gasteiger partial charge in [-0.25, -0.2) is 0 Å². The highest BCUT2D eigenvalue weighted by Gasteiger charge is 1.92. The second-order valence-corrected chi connectivity index (χ2v) is 2.37. The summed E-state index contributed by atoms with van der Waals surface area (Å²) >= 11 is 0. The van der Waals surface area contributed by atoms with Gasteiger partial charge in [-0.3, -0.25) is 4.79 Å². The highest BCUT2D eigenvalue weighted by molar-refractivity contribution is 5.87. The Bertz CT molecular complexity index is 141. The lowest BCUT2D eigenvalue weighted by atomic mass is 10.3. The Morgan fingerprint density at radius 2 is 2.09 bits per heavy atom. The van der Waals surface area contributed by atoms with E-state index in [1.54, 1.807) is 6.08 Å². The topological polar surface area (TPSA) is 56.7 Å². The first kappa shape index (κ1) is 13.1. The Hall–Kier alpha value is -0.540. The van der Waals surface area contributed by atoms with Gasteiger partial charge in [0.1, 0.15) is 0 Å². The minimum absolute atomic E-state index is 0. The van der Waals surface area contributed by atoms with E-state index in [0.717, 1.165) is 12.1 Å². The van der Waals surface area contributed by atoms with Gasteiger partial charge < -0.3 is 23.5 Å². The monoisotopic (exact) mass is 178 g/mol. The van der Waals surface area contributed by atoms with Crippen molar-refractivity contribution < 1.29 is 22.9 Å². The molecule has 0 fully saturated rings. The van der Waals surface area contributed by atoms with Crippen molar-refractivity contribution in [3.05, 3.63) is 11.6 Å². The standard InChI is InChI=1S/C7H14N2O.ClH/c1-6(2)5-7(10)9-4-3-8;/h5H,3-4,8H2,1-2H3,(H,9,10);1H. The van der Waals surface area contributed by atoms with Gasteiger partial charge in [-0.05, 0) is 13.8 Å². The molecule has 0 aliphatic rings. The lowest BCUT2D eigenvalue weighted by molar-refractivity contribution is -0.364. The molecule has 0 aromatic heterocycles. The zero-order chi connectivity index (χ0) is 7.98. The van der Waals surface area contributed by atoms with Crippen LogP contribution in [0.15, 0.2) is 11.6 Å². The van der Waals surface area contributed by atoms with E-state index in [9.17, 15) is 4.79 Å². The minimum Gasteiger partial charge on any atom is -1.00 e. The molecule has 0 aromatic rings. The van der Waals surface area contributed by atoms with Crippen LogP contribution >= 0.6 is 0 Å². The van der Waals surface area contributed by atoms with Crippen LogP contribution in [0.2, 0.25) is 0 Å². The molecule has 1 amide bonds. The normalized spacial score (nSPS) is 7.91. The second-order valence-electron chi connectivity index (χ2n) is 2.37. The average Bonchev–Trinajstić information content (AvgIpc) is 1.82. The Kier molecular flexibility index (Phi) is 9.00. The van der Waals surface area contributed by atoms with Crippen molar-refractivity contribution in [2.75, 3.05) is 13.1 Å². The number of hydrogen-bond donors (Lipinski definition) is 2. The maximum atomic E-state index is 10.8. The molecule has 0 aliphatic carbocycles. The summed E-state index contributed by atoms with van der Waals surface area (Å²) in [6.07, 6.45) is 1.58. The van der Waals surface area contributed by atoms with Crippen LogP contribution in [0.5, 0.6) is 0 Å². The first-order valence-corrected chi connectivity index (χ1v) is 3.39. The predicted octanol–water partition coefficient (Wildman–Crippen LogP) is -3.69. The molecule has 0 atom stereocenters. The maximum absolute atomic E-state index is 10.8. The summed E-state index contributed by atoms with van der Waals surface area (Å²) in [6.45, 7) is 5.18. The number of quaternary nitrogens is 1. The summed E-state index contributed by atoms with van der Waals surface area (Å²) in [5.41, 5.74) is 4.62. The van der Waals surface area contributed by atoms with Crippen LogP contribution < -0.4 is 23.5 Å². The van der Waals surface area contributed by atoms with E-state index in [0.29, 0.717) is 6.54 Å². The van der Waals surface area contributed by atoms with E-state index >= 15 is 0 Å². The van der Waals surface area contributed by atoms with Gasteiger partial charge in [0.15, 0.2) is 0 Å². The van der Waals surface area contributed by atoms with Crippen LogP contribution in [0.3, 0.4) is 0 Å². The van der Waals surface area contributed by atoms with Crippen LogP contribution in [-0.2, 0) is 4.79 Å². The lowest BCUT2D eigenvalue weighted by Gasteiger charge is -1.96.